The second-order valence-corrected chi connectivity index (χ2v) is 2.66. The first-order chi connectivity index (χ1) is 4.66. The zero-order valence-electron chi connectivity index (χ0n) is 5.82. The molecule has 0 aromatic carbocycles. The van der Waals surface area contributed by atoms with Crippen LogP contribution in [0.1, 0.15) is 6.92 Å². The molecule has 0 saturated carbocycles. The number of nitrogens with zero attached hydrogens (tertiary/aromatic N) is 1. The number of carbonyl (C=O) groups is 1. The van der Waals surface area contributed by atoms with Crippen molar-refractivity contribution in [3.63, 3.8) is 0 Å². The van der Waals surface area contributed by atoms with E-state index in [1.54, 1.807) is 0 Å². The van der Waals surface area contributed by atoms with Crippen LogP contribution in [0.3, 0.4) is 0 Å². The molecule has 0 bridgehead atoms. The fourth-order valence-corrected chi connectivity index (χ4v) is 1.23. The number of likely N-dealkylation sites (tertiary alicyclic amines) is 1. The molecular weight excluding hydrogens is 134 g/mol. The molecule has 2 atom stereocenters. The third-order valence-corrected chi connectivity index (χ3v) is 1.97. The van der Waals surface area contributed by atoms with Gasteiger partial charge >= 0.3 is 6.09 Å². The molecule has 0 aromatic heterocycles. The zero-order chi connectivity index (χ0) is 7.72. The van der Waals surface area contributed by atoms with Crippen LogP contribution >= 0.6 is 0 Å². The Bertz CT molecular complexity index is 148. The van der Waals surface area contributed by atoms with E-state index in [1.807, 2.05) is 6.92 Å². The van der Waals surface area contributed by atoms with Crippen molar-refractivity contribution in [3.8, 4) is 0 Å². The third-order valence-electron chi connectivity index (χ3n) is 1.97. The first-order valence-corrected chi connectivity index (χ1v) is 3.27. The van der Waals surface area contributed by atoms with Gasteiger partial charge in [-0.1, -0.05) is 6.92 Å². The van der Waals surface area contributed by atoms with Gasteiger partial charge in [0.1, 0.15) is 0 Å². The average Bonchev–Trinajstić information content (AvgIpc) is 1.83. The zero-order valence-corrected chi connectivity index (χ0v) is 5.82. The van der Waals surface area contributed by atoms with E-state index in [2.05, 4.69) is 0 Å². The summed E-state index contributed by atoms with van der Waals surface area (Å²) < 4.78 is 0. The Morgan fingerprint density at radius 1 is 1.80 bits per heavy atom. The molecule has 0 aromatic rings. The summed E-state index contributed by atoms with van der Waals surface area (Å²) in [5, 5.41) is 17.1. The monoisotopic (exact) mass is 145 g/mol. The van der Waals surface area contributed by atoms with Gasteiger partial charge in [-0.3, -0.25) is 0 Å². The lowest BCUT2D eigenvalue weighted by Crippen LogP contribution is -2.58. The average molecular weight is 145 g/mol. The Labute approximate surface area is 59.1 Å². The normalized spacial score (nSPS) is 31.6. The maximum Gasteiger partial charge on any atom is 0.407 e. The number of amides is 1. The van der Waals surface area contributed by atoms with Crippen molar-refractivity contribution in [1.82, 2.24) is 4.90 Å². The van der Waals surface area contributed by atoms with Crippen LogP contribution < -0.4 is 0 Å². The number of aliphatic hydroxyl groups excluding tert-OH is 1. The minimum Gasteiger partial charge on any atom is -0.465 e. The van der Waals surface area contributed by atoms with Crippen molar-refractivity contribution in [2.45, 2.75) is 13.0 Å². The lowest BCUT2D eigenvalue weighted by Gasteiger charge is -2.43. The highest BCUT2D eigenvalue weighted by Gasteiger charge is 2.38. The third kappa shape index (κ3) is 0.945. The molecule has 4 nitrogen and oxygen atoms in total. The van der Waals surface area contributed by atoms with Crippen LogP contribution in [0.2, 0.25) is 0 Å². The minimum absolute atomic E-state index is 0.0620. The molecule has 1 rings (SSSR count). The topological polar surface area (TPSA) is 60.8 Å². The quantitative estimate of drug-likeness (QED) is 0.545. The van der Waals surface area contributed by atoms with Crippen molar-refractivity contribution in [3.05, 3.63) is 0 Å². The van der Waals surface area contributed by atoms with Crippen molar-refractivity contribution in [2.75, 3.05) is 13.2 Å². The van der Waals surface area contributed by atoms with Gasteiger partial charge in [0.25, 0.3) is 0 Å². The fourth-order valence-electron chi connectivity index (χ4n) is 1.23. The molecule has 1 amide bonds. The summed E-state index contributed by atoms with van der Waals surface area (Å²) in [6.07, 6.45) is -0.933. The molecular formula is C6H11NO3. The van der Waals surface area contributed by atoms with Crippen molar-refractivity contribution in [2.24, 2.45) is 5.92 Å². The van der Waals surface area contributed by atoms with E-state index in [9.17, 15) is 4.79 Å². The molecule has 0 unspecified atom stereocenters. The Balaban J connectivity index is 2.45. The number of aliphatic hydroxyl groups is 1. The van der Waals surface area contributed by atoms with E-state index in [-0.39, 0.29) is 12.6 Å². The summed E-state index contributed by atoms with van der Waals surface area (Å²) in [7, 11) is 0. The van der Waals surface area contributed by atoms with Gasteiger partial charge in [-0.25, -0.2) is 4.79 Å². The van der Waals surface area contributed by atoms with E-state index >= 15 is 0 Å². The predicted octanol–water partition coefficient (Wildman–Crippen LogP) is -0.0230. The largest absolute Gasteiger partial charge is 0.465 e. The summed E-state index contributed by atoms with van der Waals surface area (Å²) in [5.41, 5.74) is 0. The van der Waals surface area contributed by atoms with E-state index in [0.29, 0.717) is 12.5 Å². The Morgan fingerprint density at radius 2 is 2.40 bits per heavy atom. The van der Waals surface area contributed by atoms with Crippen LogP contribution in [0.25, 0.3) is 0 Å². The lowest BCUT2D eigenvalue weighted by molar-refractivity contribution is 0.000718. The van der Waals surface area contributed by atoms with Gasteiger partial charge in [-0.15, -0.1) is 0 Å². The lowest BCUT2D eigenvalue weighted by atomic mass is 9.92. The Kier molecular flexibility index (Phi) is 1.80. The van der Waals surface area contributed by atoms with Crippen LogP contribution in [-0.4, -0.2) is 40.4 Å². The maximum atomic E-state index is 10.3. The maximum absolute atomic E-state index is 10.3. The molecule has 58 valence electrons. The van der Waals surface area contributed by atoms with Crippen LogP contribution in [0.4, 0.5) is 4.79 Å². The van der Waals surface area contributed by atoms with Crippen molar-refractivity contribution < 1.29 is 15.0 Å². The molecule has 1 aliphatic heterocycles. The molecule has 4 heteroatoms. The first-order valence-electron chi connectivity index (χ1n) is 3.27. The highest BCUT2D eigenvalue weighted by Crippen LogP contribution is 2.23. The smallest absolute Gasteiger partial charge is 0.407 e. The Morgan fingerprint density at radius 3 is 2.60 bits per heavy atom. The minimum atomic E-state index is -0.933. The predicted molar refractivity (Wildman–Crippen MR) is 34.8 cm³/mol. The highest BCUT2D eigenvalue weighted by atomic mass is 16.4. The second-order valence-electron chi connectivity index (χ2n) is 2.66. The van der Waals surface area contributed by atoms with Gasteiger partial charge in [0.05, 0.1) is 12.6 Å². The summed E-state index contributed by atoms with van der Waals surface area (Å²) >= 11 is 0. The van der Waals surface area contributed by atoms with Crippen LogP contribution in [0.5, 0.6) is 0 Å². The molecule has 0 radical (unpaired) electrons. The van der Waals surface area contributed by atoms with Gasteiger partial charge in [0.2, 0.25) is 0 Å². The fraction of sp³-hybridized carbons (Fsp3) is 0.833. The molecule has 0 spiro atoms. The van der Waals surface area contributed by atoms with E-state index in [4.69, 9.17) is 10.2 Å². The van der Waals surface area contributed by atoms with Crippen molar-refractivity contribution >= 4 is 6.09 Å². The Hall–Kier alpha value is -0.770. The number of rotatable bonds is 1. The summed E-state index contributed by atoms with van der Waals surface area (Å²) in [6, 6.07) is -0.169. The van der Waals surface area contributed by atoms with Gasteiger partial charge in [0.15, 0.2) is 0 Å². The molecule has 0 aliphatic carbocycles. The van der Waals surface area contributed by atoms with Crippen LogP contribution in [0, 0.1) is 5.92 Å². The molecule has 10 heavy (non-hydrogen) atoms. The van der Waals surface area contributed by atoms with E-state index in [0.717, 1.165) is 0 Å². The highest BCUT2D eigenvalue weighted by molar-refractivity contribution is 5.66. The van der Waals surface area contributed by atoms with Gasteiger partial charge in [0, 0.05) is 6.54 Å². The van der Waals surface area contributed by atoms with E-state index in [1.165, 1.54) is 4.90 Å². The van der Waals surface area contributed by atoms with Crippen molar-refractivity contribution in [1.29, 1.82) is 0 Å². The van der Waals surface area contributed by atoms with Gasteiger partial charge < -0.3 is 15.1 Å². The molecule has 1 aliphatic rings. The summed E-state index contributed by atoms with van der Waals surface area (Å²) in [5.74, 6) is 0.307. The van der Waals surface area contributed by atoms with E-state index < -0.39 is 6.09 Å². The van der Waals surface area contributed by atoms with Gasteiger partial charge in [-0.05, 0) is 5.92 Å². The summed E-state index contributed by atoms with van der Waals surface area (Å²) in [4.78, 5) is 11.6. The van der Waals surface area contributed by atoms with Crippen LogP contribution in [-0.2, 0) is 0 Å². The molecule has 1 saturated heterocycles. The molecule has 1 heterocycles. The standard InChI is InChI=1S/C6H11NO3/c1-4-2-7(6(9)10)5(4)3-8/h4-5,8H,2-3H2,1H3,(H,9,10)/t4-,5-/m0/s1. The number of hydrogen-bond acceptors (Lipinski definition) is 2. The van der Waals surface area contributed by atoms with Crippen LogP contribution in [0.15, 0.2) is 0 Å². The first kappa shape index (κ1) is 7.34. The van der Waals surface area contributed by atoms with Gasteiger partial charge in [-0.2, -0.15) is 0 Å². The SMILES string of the molecule is C[C@H]1CN(C(=O)O)[C@H]1CO. The summed E-state index contributed by atoms with van der Waals surface area (Å²) in [6.45, 7) is 2.42. The molecule has 2 N–H and O–H groups in total. The second kappa shape index (κ2) is 2.46. The number of hydrogen-bond donors (Lipinski definition) is 2. The molecule has 1 fully saturated rings. The number of carboxylic acid groups (broad SMARTS) is 1.